The molecule has 0 fully saturated rings. The second-order valence-electron chi connectivity index (χ2n) is 4.02. The highest BCUT2D eigenvalue weighted by Crippen LogP contribution is 2.19. The summed E-state index contributed by atoms with van der Waals surface area (Å²) in [6.07, 6.45) is 2.14. The SMILES string of the molecule is CNCc1cccn1[C@H](C)c1ccccc1. The minimum Gasteiger partial charge on any atom is -0.343 e. The number of hydrogen-bond acceptors (Lipinski definition) is 1. The summed E-state index contributed by atoms with van der Waals surface area (Å²) in [6.45, 7) is 3.14. The van der Waals surface area contributed by atoms with Gasteiger partial charge in [0.1, 0.15) is 0 Å². The quantitative estimate of drug-likeness (QED) is 0.828. The lowest BCUT2D eigenvalue weighted by molar-refractivity contribution is 0.596. The summed E-state index contributed by atoms with van der Waals surface area (Å²) in [5.41, 5.74) is 2.66. The van der Waals surface area contributed by atoms with E-state index in [0.717, 1.165) is 6.54 Å². The molecule has 2 rings (SSSR count). The van der Waals surface area contributed by atoms with Gasteiger partial charge in [0.25, 0.3) is 0 Å². The van der Waals surface area contributed by atoms with Crippen LogP contribution in [0.15, 0.2) is 48.7 Å². The maximum Gasteiger partial charge on any atom is 0.0555 e. The Morgan fingerprint density at radius 3 is 2.56 bits per heavy atom. The lowest BCUT2D eigenvalue weighted by Gasteiger charge is -2.17. The Balaban J connectivity index is 2.27. The van der Waals surface area contributed by atoms with Crippen LogP contribution < -0.4 is 5.32 Å². The van der Waals surface area contributed by atoms with Crippen molar-refractivity contribution in [1.29, 1.82) is 0 Å². The Bertz CT molecular complexity index is 431. The van der Waals surface area contributed by atoms with Crippen LogP contribution in [0.2, 0.25) is 0 Å². The fraction of sp³-hybridized carbons (Fsp3) is 0.286. The van der Waals surface area contributed by atoms with Gasteiger partial charge in [-0.2, -0.15) is 0 Å². The smallest absolute Gasteiger partial charge is 0.0555 e. The minimum atomic E-state index is 0.388. The second-order valence-corrected chi connectivity index (χ2v) is 4.02. The van der Waals surface area contributed by atoms with E-state index < -0.39 is 0 Å². The number of aromatic nitrogens is 1. The van der Waals surface area contributed by atoms with E-state index >= 15 is 0 Å². The molecule has 1 aromatic heterocycles. The molecule has 0 unspecified atom stereocenters. The Morgan fingerprint density at radius 2 is 1.88 bits per heavy atom. The Hall–Kier alpha value is -1.54. The fourth-order valence-corrected chi connectivity index (χ4v) is 2.03. The summed E-state index contributed by atoms with van der Waals surface area (Å²) in [5, 5.41) is 3.20. The summed E-state index contributed by atoms with van der Waals surface area (Å²) in [5.74, 6) is 0. The van der Waals surface area contributed by atoms with Crippen molar-refractivity contribution < 1.29 is 0 Å². The number of hydrogen-bond donors (Lipinski definition) is 1. The van der Waals surface area contributed by atoms with Gasteiger partial charge in [-0.25, -0.2) is 0 Å². The lowest BCUT2D eigenvalue weighted by atomic mass is 10.1. The largest absolute Gasteiger partial charge is 0.343 e. The summed E-state index contributed by atoms with van der Waals surface area (Å²) in [6, 6.07) is 15.2. The molecule has 1 aromatic carbocycles. The van der Waals surface area contributed by atoms with Crippen LogP contribution in [0.3, 0.4) is 0 Å². The van der Waals surface area contributed by atoms with Crippen molar-refractivity contribution >= 4 is 0 Å². The molecule has 0 aliphatic rings. The maximum atomic E-state index is 3.20. The van der Waals surface area contributed by atoms with E-state index in [1.54, 1.807) is 0 Å². The van der Waals surface area contributed by atoms with Crippen LogP contribution in [-0.4, -0.2) is 11.6 Å². The van der Waals surface area contributed by atoms with E-state index in [-0.39, 0.29) is 0 Å². The molecule has 2 aromatic rings. The summed E-state index contributed by atoms with van der Waals surface area (Å²) in [7, 11) is 1.98. The Kier molecular flexibility index (Phi) is 3.42. The van der Waals surface area contributed by atoms with Crippen LogP contribution >= 0.6 is 0 Å². The van der Waals surface area contributed by atoms with Gasteiger partial charge >= 0.3 is 0 Å². The Morgan fingerprint density at radius 1 is 1.12 bits per heavy atom. The van der Waals surface area contributed by atoms with Gasteiger partial charge in [0.2, 0.25) is 0 Å². The van der Waals surface area contributed by atoms with Crippen molar-refractivity contribution in [2.24, 2.45) is 0 Å². The first-order chi connectivity index (χ1) is 7.83. The highest BCUT2D eigenvalue weighted by Gasteiger charge is 2.09. The average Bonchev–Trinajstić information content (AvgIpc) is 2.78. The molecule has 1 N–H and O–H groups in total. The van der Waals surface area contributed by atoms with Crippen LogP contribution in [0.1, 0.15) is 24.2 Å². The molecule has 0 amide bonds. The van der Waals surface area contributed by atoms with E-state index in [4.69, 9.17) is 0 Å². The molecule has 0 spiro atoms. The third-order valence-corrected chi connectivity index (χ3v) is 2.92. The zero-order chi connectivity index (χ0) is 11.4. The molecule has 84 valence electrons. The van der Waals surface area contributed by atoms with Crippen LogP contribution in [-0.2, 0) is 6.54 Å². The van der Waals surface area contributed by atoms with Crippen LogP contribution in [0.25, 0.3) is 0 Å². The van der Waals surface area contributed by atoms with Gasteiger partial charge in [-0.05, 0) is 31.7 Å². The third kappa shape index (κ3) is 2.17. The molecule has 1 heterocycles. The first kappa shape index (κ1) is 11.0. The average molecular weight is 214 g/mol. The third-order valence-electron chi connectivity index (χ3n) is 2.92. The van der Waals surface area contributed by atoms with E-state index in [0.29, 0.717) is 6.04 Å². The summed E-state index contributed by atoms with van der Waals surface area (Å²) < 4.78 is 2.31. The van der Waals surface area contributed by atoms with Crippen molar-refractivity contribution in [1.82, 2.24) is 9.88 Å². The summed E-state index contributed by atoms with van der Waals surface area (Å²) in [4.78, 5) is 0. The molecule has 0 bridgehead atoms. The van der Waals surface area contributed by atoms with Gasteiger partial charge in [0, 0.05) is 18.4 Å². The normalized spacial score (nSPS) is 12.6. The molecular formula is C14H18N2. The molecule has 16 heavy (non-hydrogen) atoms. The van der Waals surface area contributed by atoms with E-state index in [2.05, 4.69) is 65.5 Å². The highest BCUT2D eigenvalue weighted by atomic mass is 15.0. The zero-order valence-electron chi connectivity index (χ0n) is 9.85. The Labute approximate surface area is 96.9 Å². The number of nitrogens with one attached hydrogen (secondary N) is 1. The van der Waals surface area contributed by atoms with Crippen LogP contribution in [0, 0.1) is 0 Å². The lowest BCUT2D eigenvalue weighted by Crippen LogP contribution is -2.14. The zero-order valence-corrected chi connectivity index (χ0v) is 9.85. The van der Waals surface area contributed by atoms with E-state index in [1.165, 1.54) is 11.3 Å². The topological polar surface area (TPSA) is 17.0 Å². The number of benzene rings is 1. The standard InChI is InChI=1S/C14H18N2/c1-12(13-7-4-3-5-8-13)16-10-6-9-14(16)11-15-2/h3-10,12,15H,11H2,1-2H3/t12-/m1/s1. The molecule has 0 radical (unpaired) electrons. The van der Waals surface area contributed by atoms with Crippen molar-refractivity contribution in [2.45, 2.75) is 19.5 Å². The molecule has 0 saturated carbocycles. The maximum absolute atomic E-state index is 3.20. The van der Waals surface area contributed by atoms with Crippen molar-refractivity contribution in [3.05, 3.63) is 59.9 Å². The van der Waals surface area contributed by atoms with Gasteiger partial charge < -0.3 is 9.88 Å². The van der Waals surface area contributed by atoms with Gasteiger partial charge in [0.05, 0.1) is 6.04 Å². The van der Waals surface area contributed by atoms with E-state index in [9.17, 15) is 0 Å². The van der Waals surface area contributed by atoms with Gasteiger partial charge in [-0.1, -0.05) is 30.3 Å². The first-order valence-electron chi connectivity index (χ1n) is 5.68. The number of nitrogens with zero attached hydrogens (tertiary/aromatic N) is 1. The molecule has 0 aliphatic heterocycles. The highest BCUT2D eigenvalue weighted by molar-refractivity contribution is 5.21. The molecule has 0 saturated heterocycles. The fourth-order valence-electron chi connectivity index (χ4n) is 2.03. The number of rotatable bonds is 4. The second kappa shape index (κ2) is 4.99. The first-order valence-corrected chi connectivity index (χ1v) is 5.68. The van der Waals surface area contributed by atoms with E-state index in [1.807, 2.05) is 7.05 Å². The van der Waals surface area contributed by atoms with Crippen molar-refractivity contribution in [2.75, 3.05) is 7.05 Å². The summed E-state index contributed by atoms with van der Waals surface area (Å²) >= 11 is 0. The van der Waals surface area contributed by atoms with Crippen LogP contribution in [0.5, 0.6) is 0 Å². The predicted octanol–water partition coefficient (Wildman–Crippen LogP) is 2.82. The van der Waals surface area contributed by atoms with Gasteiger partial charge in [-0.15, -0.1) is 0 Å². The molecule has 2 nitrogen and oxygen atoms in total. The molecule has 2 heteroatoms. The van der Waals surface area contributed by atoms with Crippen LogP contribution in [0.4, 0.5) is 0 Å². The van der Waals surface area contributed by atoms with Gasteiger partial charge in [0.15, 0.2) is 0 Å². The van der Waals surface area contributed by atoms with Crippen molar-refractivity contribution in [3.63, 3.8) is 0 Å². The molecule has 0 aliphatic carbocycles. The molecule has 1 atom stereocenters. The predicted molar refractivity (Wildman–Crippen MR) is 67.5 cm³/mol. The van der Waals surface area contributed by atoms with Gasteiger partial charge in [-0.3, -0.25) is 0 Å². The minimum absolute atomic E-state index is 0.388. The monoisotopic (exact) mass is 214 g/mol. The molecular weight excluding hydrogens is 196 g/mol. The van der Waals surface area contributed by atoms with Crippen molar-refractivity contribution in [3.8, 4) is 0 Å².